The lowest BCUT2D eigenvalue weighted by molar-refractivity contribution is -0.117. The number of amides is 1. The van der Waals surface area contributed by atoms with E-state index in [9.17, 15) is 19.8 Å². The maximum atomic E-state index is 13.5. The second-order valence-electron chi connectivity index (χ2n) is 7.51. The van der Waals surface area contributed by atoms with Crippen LogP contribution in [0.2, 0.25) is 10.0 Å². The van der Waals surface area contributed by atoms with Gasteiger partial charge in [-0.15, -0.1) is 0 Å². The molecule has 1 amide bonds. The van der Waals surface area contributed by atoms with Gasteiger partial charge in [0.05, 0.1) is 21.7 Å². The van der Waals surface area contributed by atoms with Crippen molar-refractivity contribution in [2.75, 3.05) is 4.90 Å². The van der Waals surface area contributed by atoms with Crippen LogP contribution < -0.4 is 4.90 Å². The normalized spacial score (nSPS) is 16.1. The molecule has 0 spiro atoms. The number of ketones is 1. The van der Waals surface area contributed by atoms with Gasteiger partial charge in [0.2, 0.25) is 5.78 Å². The van der Waals surface area contributed by atoms with Crippen molar-refractivity contribution in [1.82, 2.24) is 0 Å². The third kappa shape index (κ3) is 3.53. The van der Waals surface area contributed by atoms with Crippen LogP contribution >= 0.6 is 23.2 Å². The molecule has 33 heavy (non-hydrogen) atoms. The molecule has 1 aromatic heterocycles. The lowest BCUT2D eigenvalue weighted by Gasteiger charge is -2.27. The smallest absolute Gasteiger partial charge is 0.294 e. The Morgan fingerprint density at radius 3 is 2.42 bits per heavy atom. The number of Topliss-reactive ketones (excluding diaryl/α,β-unsaturated/α-hetero) is 1. The molecule has 1 atom stereocenters. The maximum absolute atomic E-state index is 13.5. The van der Waals surface area contributed by atoms with E-state index in [0.717, 1.165) is 0 Å². The summed E-state index contributed by atoms with van der Waals surface area (Å²) in [7, 11) is 0. The standard InChI is InChI=1S/C25H15Cl2NO5/c26-17-9-8-15(12-18(17)27)28-22(14-5-3-6-16(29)10-14)21(24(31)25(28)32)23(30)20-11-13-4-1-2-7-19(13)33-20/h1-12,22,29,31H. The van der Waals surface area contributed by atoms with Gasteiger partial charge >= 0.3 is 0 Å². The second-order valence-corrected chi connectivity index (χ2v) is 8.33. The fourth-order valence-corrected chi connectivity index (χ4v) is 4.27. The van der Waals surface area contributed by atoms with Crippen LogP contribution in [0.15, 0.2) is 88.5 Å². The van der Waals surface area contributed by atoms with E-state index in [0.29, 0.717) is 22.2 Å². The minimum atomic E-state index is -1.04. The van der Waals surface area contributed by atoms with Gasteiger partial charge < -0.3 is 14.6 Å². The van der Waals surface area contributed by atoms with E-state index in [1.54, 1.807) is 42.5 Å². The zero-order chi connectivity index (χ0) is 23.3. The van der Waals surface area contributed by atoms with E-state index in [2.05, 4.69) is 0 Å². The Morgan fingerprint density at radius 2 is 1.70 bits per heavy atom. The van der Waals surface area contributed by atoms with Crippen LogP contribution in [0.3, 0.4) is 0 Å². The fraction of sp³-hybridized carbons (Fsp3) is 0.0400. The monoisotopic (exact) mass is 479 g/mol. The molecule has 1 unspecified atom stereocenters. The Hall–Kier alpha value is -3.74. The number of aliphatic hydroxyl groups excluding tert-OH is 1. The first-order valence-corrected chi connectivity index (χ1v) is 10.6. The number of hydrogen-bond donors (Lipinski definition) is 2. The quantitative estimate of drug-likeness (QED) is 0.338. The minimum Gasteiger partial charge on any atom is -0.508 e. The van der Waals surface area contributed by atoms with Crippen LogP contribution in [0.5, 0.6) is 5.75 Å². The van der Waals surface area contributed by atoms with E-state index >= 15 is 0 Å². The Balaban J connectivity index is 1.68. The van der Waals surface area contributed by atoms with Gasteiger partial charge in [0, 0.05) is 11.1 Å². The highest BCUT2D eigenvalue weighted by Gasteiger charge is 2.45. The number of phenols is 1. The van der Waals surface area contributed by atoms with Crippen molar-refractivity contribution in [3.05, 3.63) is 105 Å². The summed E-state index contributed by atoms with van der Waals surface area (Å²) in [6, 6.07) is 18.3. The summed E-state index contributed by atoms with van der Waals surface area (Å²) in [6.45, 7) is 0. The SMILES string of the molecule is O=C(C1=C(O)C(=O)N(c2ccc(Cl)c(Cl)c2)C1c1cccc(O)c1)c1cc2ccccc2o1. The van der Waals surface area contributed by atoms with Gasteiger partial charge in [-0.2, -0.15) is 0 Å². The number of carbonyl (C=O) groups is 2. The summed E-state index contributed by atoms with van der Waals surface area (Å²) in [5.41, 5.74) is 1.07. The van der Waals surface area contributed by atoms with Crippen LogP contribution in [-0.4, -0.2) is 21.9 Å². The Labute approximate surface area is 197 Å². The molecule has 0 aliphatic carbocycles. The number of rotatable bonds is 4. The summed E-state index contributed by atoms with van der Waals surface area (Å²) in [4.78, 5) is 28.0. The topological polar surface area (TPSA) is 91.0 Å². The van der Waals surface area contributed by atoms with Crippen molar-refractivity contribution in [2.45, 2.75) is 6.04 Å². The number of benzene rings is 3. The fourth-order valence-electron chi connectivity index (χ4n) is 3.98. The van der Waals surface area contributed by atoms with Gasteiger partial charge in [0.1, 0.15) is 11.3 Å². The van der Waals surface area contributed by atoms with E-state index in [1.165, 1.54) is 29.2 Å². The highest BCUT2D eigenvalue weighted by molar-refractivity contribution is 6.42. The third-order valence-electron chi connectivity index (χ3n) is 5.47. The van der Waals surface area contributed by atoms with Crippen LogP contribution in [0.25, 0.3) is 11.0 Å². The number of aromatic hydroxyl groups is 1. The molecular weight excluding hydrogens is 465 g/mol. The summed E-state index contributed by atoms with van der Waals surface area (Å²) >= 11 is 12.2. The van der Waals surface area contributed by atoms with Gasteiger partial charge in [0.25, 0.3) is 5.91 Å². The number of para-hydroxylation sites is 1. The summed E-state index contributed by atoms with van der Waals surface area (Å²) in [5, 5.41) is 22.1. The molecule has 2 heterocycles. The minimum absolute atomic E-state index is 0.0216. The number of fused-ring (bicyclic) bond motifs is 1. The third-order valence-corrected chi connectivity index (χ3v) is 6.21. The molecule has 5 rings (SSSR count). The summed E-state index contributed by atoms with van der Waals surface area (Å²) in [5.74, 6) is -2.23. The largest absolute Gasteiger partial charge is 0.508 e. The van der Waals surface area contributed by atoms with Crippen molar-refractivity contribution in [2.24, 2.45) is 0 Å². The number of carbonyl (C=O) groups excluding carboxylic acids is 2. The van der Waals surface area contributed by atoms with E-state index in [1.807, 2.05) is 6.07 Å². The lowest BCUT2D eigenvalue weighted by Crippen LogP contribution is -2.31. The molecule has 0 saturated carbocycles. The van der Waals surface area contributed by atoms with Gasteiger partial charge in [-0.3, -0.25) is 14.5 Å². The van der Waals surface area contributed by atoms with Crippen molar-refractivity contribution in [1.29, 1.82) is 0 Å². The van der Waals surface area contributed by atoms with Crippen molar-refractivity contribution in [3.63, 3.8) is 0 Å². The number of aliphatic hydroxyl groups is 1. The van der Waals surface area contributed by atoms with Crippen LogP contribution in [0.1, 0.15) is 22.2 Å². The van der Waals surface area contributed by atoms with E-state index < -0.39 is 23.5 Å². The molecule has 164 valence electrons. The Bertz CT molecular complexity index is 1440. The molecular formula is C25H15Cl2NO5. The van der Waals surface area contributed by atoms with Crippen LogP contribution in [0.4, 0.5) is 5.69 Å². The van der Waals surface area contributed by atoms with Gasteiger partial charge in [0.15, 0.2) is 11.5 Å². The van der Waals surface area contributed by atoms with Gasteiger partial charge in [-0.1, -0.05) is 53.5 Å². The molecule has 1 aliphatic heterocycles. The first kappa shape index (κ1) is 21.1. The molecule has 6 nitrogen and oxygen atoms in total. The number of hydrogen-bond acceptors (Lipinski definition) is 5. The lowest BCUT2D eigenvalue weighted by atomic mass is 9.94. The molecule has 0 fully saturated rings. The zero-order valence-corrected chi connectivity index (χ0v) is 18.3. The van der Waals surface area contributed by atoms with Crippen LogP contribution in [0, 0.1) is 0 Å². The van der Waals surface area contributed by atoms with E-state index in [4.69, 9.17) is 27.6 Å². The Kier molecular flexibility index (Phi) is 5.12. The number of anilines is 1. The van der Waals surface area contributed by atoms with Gasteiger partial charge in [-0.25, -0.2) is 0 Å². The predicted octanol–water partition coefficient (Wildman–Crippen LogP) is 6.23. The number of halogens is 2. The molecule has 3 aromatic carbocycles. The number of nitrogens with zero attached hydrogens (tertiary/aromatic N) is 1. The average molecular weight is 480 g/mol. The molecule has 4 aromatic rings. The van der Waals surface area contributed by atoms with Gasteiger partial charge in [-0.05, 0) is 48.0 Å². The average Bonchev–Trinajstić information content (AvgIpc) is 3.35. The zero-order valence-electron chi connectivity index (χ0n) is 16.8. The first-order chi connectivity index (χ1) is 15.8. The summed E-state index contributed by atoms with van der Waals surface area (Å²) < 4.78 is 5.70. The molecule has 0 bridgehead atoms. The van der Waals surface area contributed by atoms with Crippen molar-refractivity contribution < 1.29 is 24.2 Å². The number of phenolic OH excluding ortho intramolecular Hbond substituents is 1. The molecule has 8 heteroatoms. The highest BCUT2D eigenvalue weighted by Crippen LogP contribution is 2.44. The highest BCUT2D eigenvalue weighted by atomic mass is 35.5. The molecule has 1 aliphatic rings. The first-order valence-electron chi connectivity index (χ1n) is 9.89. The van der Waals surface area contributed by atoms with Crippen molar-refractivity contribution >= 4 is 51.5 Å². The second kappa shape index (κ2) is 7.99. The predicted molar refractivity (Wildman–Crippen MR) is 125 cm³/mol. The van der Waals surface area contributed by atoms with Crippen molar-refractivity contribution in [3.8, 4) is 5.75 Å². The maximum Gasteiger partial charge on any atom is 0.294 e. The molecule has 0 saturated heterocycles. The molecule has 2 N–H and O–H groups in total. The van der Waals surface area contributed by atoms with E-state index in [-0.39, 0.29) is 27.1 Å². The van der Waals surface area contributed by atoms with Crippen LogP contribution in [-0.2, 0) is 4.79 Å². The summed E-state index contributed by atoms with van der Waals surface area (Å²) in [6.07, 6.45) is 0. The Morgan fingerprint density at radius 1 is 0.909 bits per heavy atom. The molecule has 0 radical (unpaired) electrons. The number of furan rings is 1.